The number of anilines is 4. The van der Waals surface area contributed by atoms with Crippen molar-refractivity contribution >= 4 is 29.2 Å². The molecule has 0 unspecified atom stereocenters. The van der Waals surface area contributed by atoms with E-state index < -0.39 is 0 Å². The molecule has 0 spiro atoms. The highest BCUT2D eigenvalue weighted by molar-refractivity contribution is 5.70. The number of hydrogen-bond donors (Lipinski definition) is 3. The fourth-order valence-electron chi connectivity index (χ4n) is 3.19. The molecule has 0 fully saturated rings. The lowest BCUT2D eigenvalue weighted by Gasteiger charge is -2.10. The maximum Gasteiger partial charge on any atom is 0.229 e. The van der Waals surface area contributed by atoms with Crippen LogP contribution in [0.4, 0.5) is 23.1 Å². The molecule has 4 rings (SSSR count). The van der Waals surface area contributed by atoms with Crippen molar-refractivity contribution in [1.82, 2.24) is 9.97 Å². The van der Waals surface area contributed by atoms with Gasteiger partial charge in [0.2, 0.25) is 5.95 Å². The summed E-state index contributed by atoms with van der Waals surface area (Å²) in [6, 6.07) is 15.9. The number of nitrogens with two attached hydrogens (primary N) is 1. The number of aromatic nitrogens is 2. The first-order valence-electron chi connectivity index (χ1n) is 9.30. The summed E-state index contributed by atoms with van der Waals surface area (Å²) in [6.45, 7) is 3.12. The first-order valence-corrected chi connectivity index (χ1v) is 9.30. The average molecular weight is 373 g/mol. The number of fused-ring (bicyclic) bond motifs is 1. The largest absolute Gasteiger partial charge is 0.492 e. The third-order valence-electron chi connectivity index (χ3n) is 4.42. The molecule has 1 aliphatic rings. The molecule has 0 saturated carbocycles. The second kappa shape index (κ2) is 8.10. The van der Waals surface area contributed by atoms with Crippen LogP contribution in [-0.4, -0.2) is 23.1 Å². The van der Waals surface area contributed by atoms with Gasteiger partial charge in [0.15, 0.2) is 0 Å². The number of allylic oxidation sites excluding steroid dienone is 1. The summed E-state index contributed by atoms with van der Waals surface area (Å²) in [5.74, 6) is 2.00. The number of benzene rings is 2. The van der Waals surface area contributed by atoms with Gasteiger partial charge in [-0.2, -0.15) is 4.98 Å². The molecule has 28 heavy (non-hydrogen) atoms. The fourth-order valence-corrected chi connectivity index (χ4v) is 3.19. The Morgan fingerprint density at radius 1 is 1.07 bits per heavy atom. The highest BCUT2D eigenvalue weighted by Crippen LogP contribution is 2.28. The van der Waals surface area contributed by atoms with Crippen LogP contribution in [0.15, 0.2) is 60.3 Å². The van der Waals surface area contributed by atoms with Crippen LogP contribution in [0.2, 0.25) is 0 Å². The second-order valence-corrected chi connectivity index (χ2v) is 6.76. The van der Waals surface area contributed by atoms with Crippen molar-refractivity contribution in [3.8, 4) is 5.75 Å². The first-order chi connectivity index (χ1) is 13.7. The van der Waals surface area contributed by atoms with Crippen LogP contribution >= 0.6 is 0 Å². The molecule has 4 N–H and O–H groups in total. The number of nitrogens with one attached hydrogen (secondary N) is 2. The third-order valence-corrected chi connectivity index (χ3v) is 4.42. The third kappa shape index (κ3) is 4.29. The van der Waals surface area contributed by atoms with Crippen LogP contribution in [0.1, 0.15) is 18.1 Å². The molecule has 0 amide bonds. The van der Waals surface area contributed by atoms with Gasteiger partial charge in [0.25, 0.3) is 0 Å². The first kappa shape index (κ1) is 18.0. The van der Waals surface area contributed by atoms with Gasteiger partial charge in [-0.3, -0.25) is 0 Å². The van der Waals surface area contributed by atoms with Crippen molar-refractivity contribution in [2.24, 2.45) is 5.73 Å². The minimum absolute atomic E-state index is 0.479. The summed E-state index contributed by atoms with van der Waals surface area (Å²) in [6.07, 6.45) is 4.99. The van der Waals surface area contributed by atoms with Gasteiger partial charge < -0.3 is 21.1 Å². The molecule has 1 heterocycles. The van der Waals surface area contributed by atoms with Gasteiger partial charge in [0, 0.05) is 30.2 Å². The van der Waals surface area contributed by atoms with E-state index in [0.717, 1.165) is 29.4 Å². The van der Waals surface area contributed by atoms with E-state index in [2.05, 4.69) is 51.8 Å². The minimum Gasteiger partial charge on any atom is -0.492 e. The number of ether oxygens (including phenoxy) is 1. The molecule has 6 heteroatoms. The van der Waals surface area contributed by atoms with Gasteiger partial charge in [-0.1, -0.05) is 23.8 Å². The van der Waals surface area contributed by atoms with Gasteiger partial charge in [-0.05, 0) is 54.8 Å². The van der Waals surface area contributed by atoms with Crippen LogP contribution in [0.3, 0.4) is 0 Å². The predicted octanol–water partition coefficient (Wildman–Crippen LogP) is 4.26. The van der Waals surface area contributed by atoms with E-state index in [4.69, 9.17) is 10.5 Å². The highest BCUT2D eigenvalue weighted by Gasteiger charge is 2.10. The van der Waals surface area contributed by atoms with E-state index in [-0.39, 0.29) is 0 Å². The monoisotopic (exact) mass is 373 g/mol. The Balaban J connectivity index is 1.47. The molecule has 0 bridgehead atoms. The van der Waals surface area contributed by atoms with Crippen LogP contribution in [-0.2, 0) is 6.42 Å². The Labute approximate surface area is 164 Å². The van der Waals surface area contributed by atoms with Crippen molar-refractivity contribution in [2.75, 3.05) is 23.8 Å². The van der Waals surface area contributed by atoms with Gasteiger partial charge in [0.05, 0.1) is 0 Å². The van der Waals surface area contributed by atoms with Crippen LogP contribution in [0, 0.1) is 0 Å². The Bertz CT molecular complexity index is 1020. The summed E-state index contributed by atoms with van der Waals surface area (Å²) in [5.41, 5.74) is 11.4. The van der Waals surface area contributed by atoms with Crippen molar-refractivity contribution in [3.63, 3.8) is 0 Å². The SMILES string of the molecule is CC1=Cc2cc(Nc3ccnc(Nc4cccc(OCCN)c4)n3)ccc2C1. The summed E-state index contributed by atoms with van der Waals surface area (Å²) in [5, 5.41) is 6.57. The van der Waals surface area contributed by atoms with Crippen molar-refractivity contribution in [3.05, 3.63) is 71.4 Å². The van der Waals surface area contributed by atoms with Gasteiger partial charge in [-0.15, -0.1) is 0 Å². The van der Waals surface area contributed by atoms with Crippen molar-refractivity contribution in [1.29, 1.82) is 0 Å². The van der Waals surface area contributed by atoms with E-state index in [0.29, 0.717) is 19.1 Å². The Morgan fingerprint density at radius 3 is 2.86 bits per heavy atom. The van der Waals surface area contributed by atoms with Crippen LogP contribution in [0.5, 0.6) is 5.75 Å². The maximum absolute atomic E-state index is 5.56. The lowest BCUT2D eigenvalue weighted by atomic mass is 10.1. The molecule has 0 saturated heterocycles. The molecule has 0 atom stereocenters. The van der Waals surface area contributed by atoms with Gasteiger partial charge in [0.1, 0.15) is 18.2 Å². The smallest absolute Gasteiger partial charge is 0.229 e. The summed E-state index contributed by atoms with van der Waals surface area (Å²) in [4.78, 5) is 8.86. The molecule has 142 valence electrons. The second-order valence-electron chi connectivity index (χ2n) is 6.76. The summed E-state index contributed by atoms with van der Waals surface area (Å²) < 4.78 is 5.56. The van der Waals surface area contributed by atoms with E-state index in [1.54, 1.807) is 6.20 Å². The molecular formula is C22H23N5O. The van der Waals surface area contributed by atoms with Crippen molar-refractivity contribution in [2.45, 2.75) is 13.3 Å². The van der Waals surface area contributed by atoms with Crippen LogP contribution in [0.25, 0.3) is 6.08 Å². The fraction of sp³-hybridized carbons (Fsp3) is 0.182. The zero-order valence-corrected chi connectivity index (χ0v) is 15.8. The number of nitrogens with zero attached hydrogens (tertiary/aromatic N) is 2. The lowest BCUT2D eigenvalue weighted by molar-refractivity contribution is 0.328. The lowest BCUT2D eigenvalue weighted by Crippen LogP contribution is -2.10. The van der Waals surface area contributed by atoms with Gasteiger partial charge in [-0.25, -0.2) is 4.98 Å². The van der Waals surface area contributed by atoms with E-state index in [1.165, 1.54) is 16.7 Å². The molecule has 2 aromatic carbocycles. The topological polar surface area (TPSA) is 85.1 Å². The maximum atomic E-state index is 5.56. The molecule has 1 aliphatic carbocycles. The molecule has 0 aliphatic heterocycles. The molecule has 1 aromatic heterocycles. The highest BCUT2D eigenvalue weighted by atomic mass is 16.5. The Kier molecular flexibility index (Phi) is 5.21. The van der Waals surface area contributed by atoms with E-state index in [1.807, 2.05) is 30.3 Å². The zero-order chi connectivity index (χ0) is 19.3. The Morgan fingerprint density at radius 2 is 1.96 bits per heavy atom. The van der Waals surface area contributed by atoms with Crippen LogP contribution < -0.4 is 21.1 Å². The van der Waals surface area contributed by atoms with E-state index >= 15 is 0 Å². The standard InChI is InChI=1S/C22H23N5O/c1-15-11-16-5-6-19(13-17(16)12-15)25-21-7-9-24-22(27-21)26-18-3-2-4-20(14-18)28-10-8-23/h2-7,9,12-14H,8,10-11,23H2,1H3,(H2,24,25,26,27). The predicted molar refractivity (Wildman–Crippen MR) is 113 cm³/mol. The molecule has 6 nitrogen and oxygen atoms in total. The molecule has 0 radical (unpaired) electrons. The summed E-state index contributed by atoms with van der Waals surface area (Å²) in [7, 11) is 0. The quantitative estimate of drug-likeness (QED) is 0.574. The molecule has 3 aromatic rings. The summed E-state index contributed by atoms with van der Waals surface area (Å²) >= 11 is 0. The Hall–Kier alpha value is -3.38. The minimum atomic E-state index is 0.479. The average Bonchev–Trinajstić information content (AvgIpc) is 3.06. The number of rotatable bonds is 7. The molecular weight excluding hydrogens is 350 g/mol. The normalized spacial score (nSPS) is 12.3. The van der Waals surface area contributed by atoms with Crippen molar-refractivity contribution < 1.29 is 4.74 Å². The van der Waals surface area contributed by atoms with Gasteiger partial charge >= 0.3 is 0 Å². The zero-order valence-electron chi connectivity index (χ0n) is 15.8. The number of hydrogen-bond acceptors (Lipinski definition) is 6. The van der Waals surface area contributed by atoms with E-state index in [9.17, 15) is 0 Å².